The summed E-state index contributed by atoms with van der Waals surface area (Å²) >= 11 is 0. The van der Waals surface area contributed by atoms with Crippen LogP contribution in [0.5, 0.6) is 0 Å². The number of nitrogens with one attached hydrogen (secondary N) is 1. The van der Waals surface area contributed by atoms with Crippen LogP contribution in [-0.2, 0) is 20.8 Å². The van der Waals surface area contributed by atoms with E-state index >= 15 is 0 Å². The minimum Gasteiger partial charge on any atom is -0.447 e. The molecule has 0 aromatic heterocycles. The zero-order valence-corrected chi connectivity index (χ0v) is 14.8. The minimum absolute atomic E-state index is 0.0251. The topological polar surface area (TPSA) is 77.1 Å². The van der Waals surface area contributed by atoms with Crippen LogP contribution in [0, 0.1) is 18.6 Å². The molecule has 1 aromatic rings. The van der Waals surface area contributed by atoms with Gasteiger partial charge in [-0.05, 0) is 12.5 Å². The smallest absolute Gasteiger partial charge is 0.410 e. The Morgan fingerprint density at radius 2 is 2.04 bits per heavy atom. The highest BCUT2D eigenvalue weighted by Crippen LogP contribution is 2.31. The van der Waals surface area contributed by atoms with Crippen molar-refractivity contribution in [2.75, 3.05) is 19.7 Å². The maximum atomic E-state index is 13.8. The summed E-state index contributed by atoms with van der Waals surface area (Å²) < 4.78 is 43.1. The number of carbonyl (C=O) groups is 2. The number of likely N-dealkylation sites (tertiary alicyclic amines) is 1. The quantitative estimate of drug-likeness (QED) is 0.864. The van der Waals surface area contributed by atoms with Gasteiger partial charge in [-0.1, -0.05) is 12.1 Å². The van der Waals surface area contributed by atoms with Crippen molar-refractivity contribution in [1.82, 2.24) is 10.2 Å². The zero-order chi connectivity index (χ0) is 19.2. The van der Waals surface area contributed by atoms with Gasteiger partial charge in [-0.15, -0.1) is 0 Å². The van der Waals surface area contributed by atoms with Crippen molar-refractivity contribution in [2.45, 2.75) is 44.1 Å². The number of cyclic esters (lactones) is 1. The van der Waals surface area contributed by atoms with E-state index in [0.717, 1.165) is 0 Å². The second-order valence-corrected chi connectivity index (χ2v) is 7.42. The first-order valence-corrected chi connectivity index (χ1v) is 8.81. The molecule has 9 heteroatoms. The van der Waals surface area contributed by atoms with Gasteiger partial charge in [0.05, 0.1) is 25.8 Å². The molecule has 0 atom stereocenters. The Hall–Kier alpha value is -2.42. The van der Waals surface area contributed by atoms with Crippen molar-refractivity contribution in [1.29, 1.82) is 0 Å². The molecule has 146 valence electrons. The number of hydrogen-bond acceptors (Lipinski definition) is 5. The van der Waals surface area contributed by atoms with E-state index in [9.17, 15) is 18.4 Å². The average molecular weight is 382 g/mol. The van der Waals surface area contributed by atoms with E-state index in [1.807, 2.05) is 0 Å². The molecule has 27 heavy (non-hydrogen) atoms. The molecule has 1 spiro atoms. The van der Waals surface area contributed by atoms with Crippen LogP contribution in [0.3, 0.4) is 0 Å². The Morgan fingerprint density at radius 3 is 2.70 bits per heavy atom. The second kappa shape index (κ2) is 6.63. The number of amides is 2. The summed E-state index contributed by atoms with van der Waals surface area (Å²) in [4.78, 5) is 24.7. The van der Waals surface area contributed by atoms with E-state index < -0.39 is 29.4 Å². The highest BCUT2D eigenvalue weighted by molar-refractivity contribution is 5.74. The predicted molar refractivity (Wildman–Crippen MR) is 88.0 cm³/mol. The summed E-state index contributed by atoms with van der Waals surface area (Å²) in [6.45, 7) is 2.46. The molecule has 2 amide bonds. The van der Waals surface area contributed by atoms with E-state index in [0.29, 0.717) is 25.9 Å². The van der Waals surface area contributed by atoms with Crippen LogP contribution in [0.1, 0.15) is 24.0 Å². The Labute approximate surface area is 154 Å². The van der Waals surface area contributed by atoms with Crippen molar-refractivity contribution < 1.29 is 32.6 Å². The van der Waals surface area contributed by atoms with Crippen LogP contribution >= 0.6 is 0 Å². The Morgan fingerprint density at radius 1 is 1.30 bits per heavy atom. The lowest BCUT2D eigenvalue weighted by Crippen LogP contribution is -2.70. The predicted octanol–water partition coefficient (Wildman–Crippen LogP) is 2.25. The molecular weight excluding hydrogens is 362 g/mol. The van der Waals surface area contributed by atoms with Crippen molar-refractivity contribution in [2.24, 2.45) is 0 Å². The van der Waals surface area contributed by atoms with Gasteiger partial charge in [0.15, 0.2) is 11.6 Å². The Kier molecular flexibility index (Phi) is 4.41. The van der Waals surface area contributed by atoms with Crippen LogP contribution < -0.4 is 5.32 Å². The second-order valence-electron chi connectivity index (χ2n) is 7.42. The first-order valence-electron chi connectivity index (χ1n) is 8.81. The average Bonchev–Trinajstić information content (AvgIpc) is 2.97. The maximum Gasteiger partial charge on any atom is 0.410 e. The third kappa shape index (κ3) is 3.43. The molecule has 1 aromatic carbocycles. The van der Waals surface area contributed by atoms with Gasteiger partial charge in [0.2, 0.25) is 0 Å². The molecule has 0 bridgehead atoms. The van der Waals surface area contributed by atoms with Gasteiger partial charge in [-0.2, -0.15) is 0 Å². The van der Waals surface area contributed by atoms with Gasteiger partial charge in [-0.25, -0.2) is 18.4 Å². The van der Waals surface area contributed by atoms with Crippen LogP contribution in [0.25, 0.3) is 0 Å². The first kappa shape index (κ1) is 18.0. The van der Waals surface area contributed by atoms with E-state index in [-0.39, 0.29) is 36.5 Å². The van der Waals surface area contributed by atoms with Crippen molar-refractivity contribution >= 4 is 12.2 Å². The van der Waals surface area contributed by atoms with Crippen LogP contribution in [0.2, 0.25) is 0 Å². The fourth-order valence-corrected chi connectivity index (χ4v) is 3.45. The number of alkyl carbamates (subject to hydrolysis) is 1. The lowest BCUT2D eigenvalue weighted by molar-refractivity contribution is -0.0933. The lowest BCUT2D eigenvalue weighted by atomic mass is 9.91. The molecular formula is C18H20F2N2O5. The van der Waals surface area contributed by atoms with Crippen molar-refractivity contribution in [3.05, 3.63) is 34.9 Å². The zero-order valence-electron chi connectivity index (χ0n) is 14.8. The van der Waals surface area contributed by atoms with Crippen LogP contribution in [-0.4, -0.2) is 54.5 Å². The van der Waals surface area contributed by atoms with Gasteiger partial charge in [-0.3, -0.25) is 0 Å². The van der Waals surface area contributed by atoms with Gasteiger partial charge in [0.1, 0.15) is 18.2 Å². The molecule has 3 fully saturated rings. The van der Waals surface area contributed by atoms with Crippen LogP contribution in [0.15, 0.2) is 12.1 Å². The molecule has 0 unspecified atom stereocenters. The molecule has 3 aliphatic rings. The lowest BCUT2D eigenvalue weighted by Gasteiger charge is -2.46. The Balaban J connectivity index is 1.17. The van der Waals surface area contributed by atoms with E-state index in [2.05, 4.69) is 5.32 Å². The molecule has 1 N–H and O–H groups in total. The molecule has 7 nitrogen and oxygen atoms in total. The molecule has 2 saturated heterocycles. The summed E-state index contributed by atoms with van der Waals surface area (Å²) in [6.07, 6.45) is -0.283. The van der Waals surface area contributed by atoms with E-state index in [1.165, 1.54) is 24.0 Å². The number of aryl methyl sites for hydroxylation is 1. The molecule has 1 aliphatic carbocycles. The number of nitrogens with zero attached hydrogens (tertiary/aromatic N) is 1. The highest BCUT2D eigenvalue weighted by Gasteiger charge is 2.52. The molecule has 2 heterocycles. The molecule has 1 saturated carbocycles. The summed E-state index contributed by atoms with van der Waals surface area (Å²) in [5.74, 6) is -1.74. The number of rotatable bonds is 4. The van der Waals surface area contributed by atoms with Gasteiger partial charge < -0.3 is 24.4 Å². The fourth-order valence-electron chi connectivity index (χ4n) is 3.45. The highest BCUT2D eigenvalue weighted by atomic mass is 19.2. The SMILES string of the molecule is Cc1ccc(COC2CC(OC(=O)N3CC4(COC(=O)N4)C3)C2)c(F)c1F. The summed E-state index contributed by atoms with van der Waals surface area (Å²) in [5, 5.41) is 2.70. The molecule has 2 aliphatic heterocycles. The van der Waals surface area contributed by atoms with Gasteiger partial charge in [0.25, 0.3) is 0 Å². The number of ether oxygens (including phenoxy) is 3. The summed E-state index contributed by atoms with van der Waals surface area (Å²) in [6, 6.07) is 3.02. The van der Waals surface area contributed by atoms with Gasteiger partial charge in [0, 0.05) is 18.4 Å². The standard InChI is InChI=1S/C18H20F2N2O5/c1-10-2-3-11(15(20)14(10)19)6-25-12-4-13(5-12)27-17(24)22-7-18(8-22)9-26-16(23)21-18/h2-3,12-13H,4-9H2,1H3,(H,21,23). The van der Waals surface area contributed by atoms with Crippen molar-refractivity contribution in [3.8, 4) is 0 Å². The third-order valence-electron chi connectivity index (χ3n) is 5.24. The van der Waals surface area contributed by atoms with Gasteiger partial charge >= 0.3 is 12.2 Å². The maximum absolute atomic E-state index is 13.8. The van der Waals surface area contributed by atoms with Crippen LogP contribution in [0.4, 0.5) is 18.4 Å². The number of carbonyl (C=O) groups excluding carboxylic acids is 2. The third-order valence-corrected chi connectivity index (χ3v) is 5.24. The summed E-state index contributed by atoms with van der Waals surface area (Å²) in [5.41, 5.74) is -0.0528. The fraction of sp³-hybridized carbons (Fsp3) is 0.556. The normalized spacial score (nSPS) is 25.4. The van der Waals surface area contributed by atoms with E-state index in [1.54, 1.807) is 0 Å². The monoisotopic (exact) mass is 382 g/mol. The van der Waals surface area contributed by atoms with Crippen molar-refractivity contribution in [3.63, 3.8) is 0 Å². The molecule has 0 radical (unpaired) electrons. The number of benzene rings is 1. The molecule has 4 rings (SSSR count). The number of hydrogen-bond donors (Lipinski definition) is 1. The van der Waals surface area contributed by atoms with E-state index in [4.69, 9.17) is 14.2 Å². The first-order chi connectivity index (χ1) is 12.8. The number of halogens is 2. The Bertz CT molecular complexity index is 775. The largest absolute Gasteiger partial charge is 0.447 e. The summed E-state index contributed by atoms with van der Waals surface area (Å²) in [7, 11) is 0. The minimum atomic E-state index is -0.882.